The third-order valence-corrected chi connectivity index (χ3v) is 7.69. The second kappa shape index (κ2) is 10.0. The Hall–Kier alpha value is -3.20. The van der Waals surface area contributed by atoms with Crippen molar-refractivity contribution >= 4 is 35.9 Å². The molecule has 0 bridgehead atoms. The number of amides is 1. The van der Waals surface area contributed by atoms with E-state index in [0.29, 0.717) is 29.9 Å². The van der Waals surface area contributed by atoms with Crippen molar-refractivity contribution in [3.8, 4) is 0 Å². The van der Waals surface area contributed by atoms with Crippen LogP contribution >= 0.6 is 0 Å². The summed E-state index contributed by atoms with van der Waals surface area (Å²) in [4.78, 5) is 31.2. The van der Waals surface area contributed by atoms with Gasteiger partial charge < -0.3 is 20.1 Å². The van der Waals surface area contributed by atoms with Crippen LogP contribution in [-0.2, 0) is 5.54 Å². The van der Waals surface area contributed by atoms with Gasteiger partial charge in [0.15, 0.2) is 0 Å². The second-order valence-corrected chi connectivity index (χ2v) is 10.8. The first-order chi connectivity index (χ1) is 17.4. The number of hydrogen-bond donors (Lipinski definition) is 2. The number of hydrogen-bond acceptors (Lipinski definition) is 5. The summed E-state index contributed by atoms with van der Waals surface area (Å²) in [5.41, 5.74) is 2.65. The van der Waals surface area contributed by atoms with Crippen LogP contribution in [0.4, 0.5) is 17.3 Å². The number of nitrogens with one attached hydrogen (secondary N) is 2. The van der Waals surface area contributed by atoms with Gasteiger partial charge in [-0.15, -0.1) is 0 Å². The minimum absolute atomic E-state index is 0.0413. The number of aliphatic imine (C=N–C) groups is 2. The molecular weight excluding hydrogens is 452 g/mol. The molecule has 2 fully saturated rings. The summed E-state index contributed by atoms with van der Waals surface area (Å²) in [7, 11) is 0. The number of guanidine groups is 1. The first-order valence-electron chi connectivity index (χ1n) is 13.2. The molecule has 5 rings (SSSR count). The van der Waals surface area contributed by atoms with E-state index in [4.69, 9.17) is 4.99 Å². The Morgan fingerprint density at radius 1 is 1.22 bits per heavy atom. The van der Waals surface area contributed by atoms with Crippen LogP contribution in [0.1, 0.15) is 55.6 Å². The third-order valence-electron chi connectivity index (χ3n) is 7.69. The number of anilines is 2. The predicted molar refractivity (Wildman–Crippen MR) is 146 cm³/mol. The molecule has 1 amide bonds. The first-order valence-corrected chi connectivity index (χ1v) is 13.2. The lowest BCUT2D eigenvalue weighted by Gasteiger charge is -2.37. The maximum atomic E-state index is 12.6. The summed E-state index contributed by atoms with van der Waals surface area (Å²) in [5.74, 6) is 2.47. The Morgan fingerprint density at radius 3 is 2.61 bits per heavy atom. The number of aryl methyl sites for hydroxylation is 1. The molecule has 1 aliphatic carbocycles. The molecule has 2 aliphatic heterocycles. The number of fused-ring (bicyclic) bond motifs is 2. The quantitative estimate of drug-likeness (QED) is 0.492. The molecule has 2 N–H and O–H groups in total. The highest BCUT2D eigenvalue weighted by molar-refractivity contribution is 5.99. The zero-order valence-corrected chi connectivity index (χ0v) is 21.8. The van der Waals surface area contributed by atoms with E-state index in [1.165, 1.54) is 0 Å². The highest BCUT2D eigenvalue weighted by atomic mass is 16.2. The van der Waals surface area contributed by atoms with E-state index in [1.807, 2.05) is 25.3 Å². The fraction of sp³-hybridized carbons (Fsp3) is 0.556. The van der Waals surface area contributed by atoms with Gasteiger partial charge in [-0.1, -0.05) is 26.7 Å². The molecule has 3 aliphatic rings. The molecule has 192 valence electrons. The van der Waals surface area contributed by atoms with E-state index < -0.39 is 0 Å². The van der Waals surface area contributed by atoms with Gasteiger partial charge >= 0.3 is 0 Å². The molecule has 1 saturated heterocycles. The van der Waals surface area contributed by atoms with Gasteiger partial charge in [0.2, 0.25) is 5.96 Å². The van der Waals surface area contributed by atoms with Crippen LogP contribution in [0, 0.1) is 12.8 Å². The summed E-state index contributed by atoms with van der Waals surface area (Å²) in [5, 5.41) is 6.30. The van der Waals surface area contributed by atoms with Gasteiger partial charge in [-0.2, -0.15) is 4.99 Å². The zero-order chi connectivity index (χ0) is 25.3. The molecule has 0 atom stereocenters. The number of piperazine rings is 1. The Balaban J connectivity index is 1.32. The van der Waals surface area contributed by atoms with E-state index >= 15 is 0 Å². The third kappa shape index (κ3) is 4.76. The molecule has 4 heterocycles. The van der Waals surface area contributed by atoms with Crippen molar-refractivity contribution in [3.63, 3.8) is 0 Å². The SMILES string of the molecule is C=NC(=Nc1c(C)cc2n1C1(CCCC1)CNC2=O)Nc1ccc(N2CCN(CC(C)C)CC2)cn1. The van der Waals surface area contributed by atoms with Crippen molar-refractivity contribution < 1.29 is 4.79 Å². The summed E-state index contributed by atoms with van der Waals surface area (Å²) in [6.45, 7) is 16.2. The molecule has 0 unspecified atom stereocenters. The van der Waals surface area contributed by atoms with Gasteiger partial charge in [0.05, 0.1) is 17.4 Å². The summed E-state index contributed by atoms with van der Waals surface area (Å²) in [6.07, 6.45) is 6.29. The molecule has 0 aromatic carbocycles. The van der Waals surface area contributed by atoms with Crippen molar-refractivity contribution in [3.05, 3.63) is 35.7 Å². The molecule has 9 nitrogen and oxygen atoms in total. The maximum absolute atomic E-state index is 12.6. The molecule has 2 aromatic rings. The molecule has 9 heteroatoms. The Morgan fingerprint density at radius 2 is 1.97 bits per heavy atom. The van der Waals surface area contributed by atoms with E-state index in [-0.39, 0.29) is 11.4 Å². The molecule has 1 spiro atoms. The Kier molecular flexibility index (Phi) is 6.83. The summed E-state index contributed by atoms with van der Waals surface area (Å²) < 4.78 is 2.15. The Bertz CT molecular complexity index is 1140. The smallest absolute Gasteiger partial charge is 0.268 e. The lowest BCUT2D eigenvalue weighted by molar-refractivity contribution is 0.0874. The number of carbonyl (C=O) groups excluding carboxylic acids is 1. The largest absolute Gasteiger partial charge is 0.368 e. The molecular formula is C27H38N8O. The molecule has 1 saturated carbocycles. The van der Waals surface area contributed by atoms with Gasteiger partial charge in [0.25, 0.3) is 5.91 Å². The lowest BCUT2D eigenvalue weighted by Crippen LogP contribution is -2.49. The van der Waals surface area contributed by atoms with Gasteiger partial charge in [-0.25, -0.2) is 9.98 Å². The number of carbonyl (C=O) groups is 1. The van der Waals surface area contributed by atoms with Gasteiger partial charge in [-0.05, 0) is 56.2 Å². The topological polar surface area (TPSA) is 90.1 Å². The monoisotopic (exact) mass is 490 g/mol. The van der Waals surface area contributed by atoms with Gasteiger partial charge in [-0.3, -0.25) is 9.69 Å². The van der Waals surface area contributed by atoms with Crippen molar-refractivity contribution in [1.29, 1.82) is 0 Å². The first kappa shape index (κ1) is 24.5. The van der Waals surface area contributed by atoms with E-state index in [0.717, 1.165) is 75.5 Å². The average Bonchev–Trinajstić information content (AvgIpc) is 3.47. The van der Waals surface area contributed by atoms with E-state index in [1.54, 1.807) is 0 Å². The lowest BCUT2D eigenvalue weighted by atomic mass is 9.94. The van der Waals surface area contributed by atoms with Crippen molar-refractivity contribution in [2.24, 2.45) is 15.9 Å². The highest BCUT2D eigenvalue weighted by Gasteiger charge is 2.43. The highest BCUT2D eigenvalue weighted by Crippen LogP contribution is 2.43. The van der Waals surface area contributed by atoms with Crippen LogP contribution in [0.5, 0.6) is 0 Å². The molecule has 2 aromatic heterocycles. The normalized spacial score (nSPS) is 20.1. The predicted octanol–water partition coefficient (Wildman–Crippen LogP) is 3.78. The number of pyridine rings is 1. The fourth-order valence-corrected chi connectivity index (χ4v) is 5.93. The summed E-state index contributed by atoms with van der Waals surface area (Å²) >= 11 is 0. The van der Waals surface area contributed by atoms with Crippen molar-refractivity contribution in [2.75, 3.05) is 49.5 Å². The number of rotatable bonds is 5. The molecule has 0 radical (unpaired) electrons. The second-order valence-electron chi connectivity index (χ2n) is 10.8. The van der Waals surface area contributed by atoms with Gasteiger partial charge in [0.1, 0.15) is 17.3 Å². The van der Waals surface area contributed by atoms with Crippen molar-refractivity contribution in [2.45, 2.75) is 52.0 Å². The van der Waals surface area contributed by atoms with E-state index in [2.05, 4.69) is 61.6 Å². The zero-order valence-electron chi connectivity index (χ0n) is 21.8. The number of nitrogens with zero attached hydrogens (tertiary/aromatic N) is 6. The fourth-order valence-electron chi connectivity index (χ4n) is 5.93. The van der Waals surface area contributed by atoms with Crippen LogP contribution in [0.3, 0.4) is 0 Å². The minimum Gasteiger partial charge on any atom is -0.368 e. The standard InChI is InChI=1S/C27H38N8O/c1-19(2)17-33-11-13-34(14-12-33)21-7-8-23(29-16-21)31-26(28-4)32-24-20(3)15-22-25(36)30-18-27(35(22)24)9-5-6-10-27/h7-8,15-16,19H,4-6,9-14,17-18H2,1-3H3,(H,30,36)(H,29,31,32). The summed E-state index contributed by atoms with van der Waals surface area (Å²) in [6, 6.07) is 5.99. The van der Waals surface area contributed by atoms with Crippen LogP contribution < -0.4 is 15.5 Å². The van der Waals surface area contributed by atoms with Crippen LogP contribution in [0.15, 0.2) is 34.4 Å². The van der Waals surface area contributed by atoms with E-state index in [9.17, 15) is 4.79 Å². The van der Waals surface area contributed by atoms with Gasteiger partial charge in [0, 0.05) is 39.3 Å². The molecule has 36 heavy (non-hydrogen) atoms. The van der Waals surface area contributed by atoms with Crippen molar-refractivity contribution in [1.82, 2.24) is 19.8 Å². The van der Waals surface area contributed by atoms with Crippen LogP contribution in [0.25, 0.3) is 0 Å². The number of aromatic nitrogens is 2. The van der Waals surface area contributed by atoms with Crippen LogP contribution in [-0.4, -0.2) is 72.3 Å². The average molecular weight is 491 g/mol. The Labute approximate surface area is 213 Å². The minimum atomic E-state index is -0.109. The maximum Gasteiger partial charge on any atom is 0.268 e. The van der Waals surface area contributed by atoms with Crippen LogP contribution in [0.2, 0.25) is 0 Å².